The summed E-state index contributed by atoms with van der Waals surface area (Å²) < 4.78 is 26.0. The lowest BCUT2D eigenvalue weighted by Gasteiger charge is -2.23. The van der Waals surface area contributed by atoms with Crippen LogP contribution in [-0.4, -0.2) is 53.7 Å². The highest BCUT2D eigenvalue weighted by Gasteiger charge is 2.36. The van der Waals surface area contributed by atoms with Crippen LogP contribution in [0.3, 0.4) is 0 Å². The number of nitrogens with one attached hydrogen (secondary N) is 1. The van der Waals surface area contributed by atoms with E-state index in [1.165, 1.54) is 12.1 Å². The molecule has 0 radical (unpaired) electrons. The number of benzene rings is 2. The molecule has 2 heterocycles. The van der Waals surface area contributed by atoms with Crippen molar-refractivity contribution < 1.29 is 18.7 Å². The van der Waals surface area contributed by atoms with Crippen LogP contribution >= 0.6 is 0 Å². The van der Waals surface area contributed by atoms with Gasteiger partial charge >= 0.3 is 0 Å². The standard InChI is InChI=1S/C26H28FN5O3/c1-17-15-31(16-29-17)23-10-5-19(14-24(23)35-4)13-22-25(33)32(26(30-22)28-11-12-34-3)18(2)20-6-8-21(27)9-7-20/h5-10,13-16,18H,11-12H2,1-4H3,(H,28,30)/b22-13-/t18-/m0/s1. The first-order valence-electron chi connectivity index (χ1n) is 11.2. The number of methoxy groups -OCH3 is 2. The Labute approximate surface area is 203 Å². The summed E-state index contributed by atoms with van der Waals surface area (Å²) >= 11 is 0. The summed E-state index contributed by atoms with van der Waals surface area (Å²) in [7, 11) is 3.20. The zero-order valence-corrected chi connectivity index (χ0v) is 20.2. The number of halogens is 1. The molecular formula is C26H28FN5O3. The summed E-state index contributed by atoms with van der Waals surface area (Å²) in [5, 5.41) is 3.15. The SMILES string of the molecule is COCC/N=C1\N/C(=C\c2ccc(-n3cnc(C)c3)c(OC)c2)C(=O)N1[C@@H](C)c1ccc(F)cc1. The molecule has 3 aromatic rings. The van der Waals surface area contributed by atoms with E-state index in [2.05, 4.69) is 15.3 Å². The number of guanidine groups is 1. The summed E-state index contributed by atoms with van der Waals surface area (Å²) in [5.74, 6) is 0.510. The molecule has 1 atom stereocenters. The smallest absolute Gasteiger partial charge is 0.277 e. The number of ether oxygens (including phenoxy) is 2. The number of aliphatic imine (C=N–C) groups is 1. The Kier molecular flexibility index (Phi) is 7.26. The number of rotatable bonds is 8. The van der Waals surface area contributed by atoms with Gasteiger partial charge in [-0.15, -0.1) is 0 Å². The third-order valence-electron chi connectivity index (χ3n) is 5.73. The molecule has 35 heavy (non-hydrogen) atoms. The van der Waals surface area contributed by atoms with Crippen LogP contribution in [0.25, 0.3) is 11.8 Å². The maximum atomic E-state index is 13.4. The van der Waals surface area contributed by atoms with Gasteiger partial charge in [0.1, 0.15) is 17.3 Å². The van der Waals surface area contributed by atoms with Crippen LogP contribution in [0, 0.1) is 12.7 Å². The number of amides is 1. The Morgan fingerprint density at radius 1 is 1.20 bits per heavy atom. The first-order valence-corrected chi connectivity index (χ1v) is 11.2. The van der Waals surface area contributed by atoms with Gasteiger partial charge in [0.2, 0.25) is 5.96 Å². The van der Waals surface area contributed by atoms with Crippen molar-refractivity contribution in [3.05, 3.63) is 83.3 Å². The number of aryl methyl sites for hydroxylation is 1. The fourth-order valence-electron chi connectivity index (χ4n) is 3.88. The van der Waals surface area contributed by atoms with Crippen LogP contribution in [0.2, 0.25) is 0 Å². The summed E-state index contributed by atoms with van der Waals surface area (Å²) in [4.78, 5) is 23.8. The van der Waals surface area contributed by atoms with E-state index in [-0.39, 0.29) is 17.8 Å². The van der Waals surface area contributed by atoms with Crippen molar-refractivity contribution in [2.45, 2.75) is 19.9 Å². The Bertz CT molecular complexity index is 1270. The first-order chi connectivity index (χ1) is 16.9. The van der Waals surface area contributed by atoms with Crippen LogP contribution in [-0.2, 0) is 9.53 Å². The summed E-state index contributed by atoms with van der Waals surface area (Å²) in [5.41, 5.74) is 3.70. The maximum Gasteiger partial charge on any atom is 0.277 e. The number of imidazole rings is 1. The van der Waals surface area contributed by atoms with E-state index in [4.69, 9.17) is 9.47 Å². The van der Waals surface area contributed by atoms with Crippen LogP contribution in [0.4, 0.5) is 4.39 Å². The van der Waals surface area contributed by atoms with E-state index in [0.29, 0.717) is 30.6 Å². The minimum absolute atomic E-state index is 0.230. The lowest BCUT2D eigenvalue weighted by atomic mass is 10.1. The van der Waals surface area contributed by atoms with Crippen LogP contribution in [0.15, 0.2) is 65.7 Å². The van der Waals surface area contributed by atoms with Gasteiger partial charge in [-0.2, -0.15) is 0 Å². The Balaban J connectivity index is 1.66. The summed E-state index contributed by atoms with van der Waals surface area (Å²) in [6, 6.07) is 11.4. The quantitative estimate of drug-likeness (QED) is 0.394. The van der Waals surface area contributed by atoms with Crippen LogP contribution in [0.1, 0.15) is 29.8 Å². The third kappa shape index (κ3) is 5.25. The molecule has 8 nitrogen and oxygen atoms in total. The van der Waals surface area contributed by atoms with E-state index in [1.807, 2.05) is 42.8 Å². The van der Waals surface area contributed by atoms with Gasteiger partial charge in [-0.1, -0.05) is 18.2 Å². The molecule has 182 valence electrons. The molecule has 1 aliphatic rings. The zero-order valence-electron chi connectivity index (χ0n) is 20.2. The fraction of sp³-hybridized carbons (Fsp3) is 0.269. The van der Waals surface area contributed by atoms with E-state index in [0.717, 1.165) is 22.5 Å². The average molecular weight is 478 g/mol. The van der Waals surface area contributed by atoms with Crippen molar-refractivity contribution >= 4 is 17.9 Å². The van der Waals surface area contributed by atoms with E-state index >= 15 is 0 Å². The Hall–Kier alpha value is -3.98. The molecule has 1 amide bonds. The van der Waals surface area contributed by atoms with Gasteiger partial charge in [0.05, 0.1) is 44.0 Å². The van der Waals surface area contributed by atoms with E-state index in [1.54, 1.807) is 43.7 Å². The van der Waals surface area contributed by atoms with Crippen molar-refractivity contribution in [2.75, 3.05) is 27.4 Å². The highest BCUT2D eigenvalue weighted by Crippen LogP contribution is 2.29. The number of aromatic nitrogens is 2. The van der Waals surface area contributed by atoms with Crippen molar-refractivity contribution in [1.82, 2.24) is 19.8 Å². The van der Waals surface area contributed by atoms with Crippen molar-refractivity contribution in [3.8, 4) is 11.4 Å². The monoisotopic (exact) mass is 477 g/mol. The predicted molar refractivity (Wildman–Crippen MR) is 132 cm³/mol. The van der Waals surface area contributed by atoms with Gasteiger partial charge in [-0.3, -0.25) is 14.7 Å². The molecule has 0 spiro atoms. The average Bonchev–Trinajstić information content (AvgIpc) is 3.42. The molecule has 1 saturated heterocycles. The normalized spacial score (nSPS) is 16.7. The number of nitrogens with zero attached hydrogens (tertiary/aromatic N) is 4. The summed E-state index contributed by atoms with van der Waals surface area (Å²) in [6.07, 6.45) is 5.40. The van der Waals surface area contributed by atoms with Gasteiger partial charge in [0, 0.05) is 13.3 Å². The van der Waals surface area contributed by atoms with Gasteiger partial charge in [0.15, 0.2) is 0 Å². The number of carbonyl (C=O) groups is 1. The van der Waals surface area contributed by atoms with Gasteiger partial charge in [0.25, 0.3) is 5.91 Å². The van der Waals surface area contributed by atoms with Crippen molar-refractivity contribution in [2.24, 2.45) is 4.99 Å². The first kappa shape index (κ1) is 24.2. The van der Waals surface area contributed by atoms with Crippen LogP contribution in [0.5, 0.6) is 5.75 Å². The number of hydrogen-bond donors (Lipinski definition) is 1. The highest BCUT2D eigenvalue weighted by atomic mass is 19.1. The Morgan fingerprint density at radius 3 is 2.63 bits per heavy atom. The van der Waals surface area contributed by atoms with Gasteiger partial charge in [-0.25, -0.2) is 9.37 Å². The third-order valence-corrected chi connectivity index (χ3v) is 5.73. The minimum Gasteiger partial charge on any atom is -0.495 e. The second kappa shape index (κ2) is 10.5. The lowest BCUT2D eigenvalue weighted by molar-refractivity contribution is -0.123. The second-order valence-corrected chi connectivity index (χ2v) is 8.14. The molecule has 1 N–H and O–H groups in total. The molecule has 1 aliphatic heterocycles. The number of hydrogen-bond acceptors (Lipinski definition) is 5. The fourth-order valence-corrected chi connectivity index (χ4v) is 3.88. The highest BCUT2D eigenvalue weighted by molar-refractivity contribution is 6.15. The minimum atomic E-state index is -0.357. The topological polar surface area (TPSA) is 81.0 Å². The largest absolute Gasteiger partial charge is 0.495 e. The molecule has 9 heteroatoms. The maximum absolute atomic E-state index is 13.4. The second-order valence-electron chi connectivity index (χ2n) is 8.14. The molecule has 0 saturated carbocycles. The zero-order chi connectivity index (χ0) is 24.9. The molecule has 0 unspecified atom stereocenters. The van der Waals surface area contributed by atoms with Gasteiger partial charge in [-0.05, 0) is 55.3 Å². The molecule has 0 aliphatic carbocycles. The van der Waals surface area contributed by atoms with Crippen LogP contribution < -0.4 is 10.1 Å². The molecule has 1 fully saturated rings. The molecular weight excluding hydrogens is 449 g/mol. The van der Waals surface area contributed by atoms with Crippen molar-refractivity contribution in [3.63, 3.8) is 0 Å². The molecule has 2 aromatic carbocycles. The number of carbonyl (C=O) groups excluding carboxylic acids is 1. The molecule has 1 aromatic heterocycles. The molecule has 4 rings (SSSR count). The van der Waals surface area contributed by atoms with E-state index < -0.39 is 0 Å². The lowest BCUT2D eigenvalue weighted by Crippen LogP contribution is -2.35. The van der Waals surface area contributed by atoms with Gasteiger partial charge < -0.3 is 19.4 Å². The Morgan fingerprint density at radius 2 is 1.97 bits per heavy atom. The molecule has 0 bridgehead atoms. The summed E-state index contributed by atoms with van der Waals surface area (Å²) in [6.45, 7) is 4.61. The van der Waals surface area contributed by atoms with Crippen molar-refractivity contribution in [1.29, 1.82) is 0 Å². The van der Waals surface area contributed by atoms with E-state index in [9.17, 15) is 9.18 Å². The predicted octanol–water partition coefficient (Wildman–Crippen LogP) is 3.86.